The van der Waals surface area contributed by atoms with E-state index in [-0.39, 0.29) is 5.75 Å². The highest BCUT2D eigenvalue weighted by atomic mass is 16.4. The molecule has 0 fully saturated rings. The lowest BCUT2D eigenvalue weighted by Gasteiger charge is -2.06. The fraction of sp³-hybridized carbons (Fsp3) is 0.286. The van der Waals surface area contributed by atoms with E-state index in [9.17, 15) is 9.90 Å². The Kier molecular flexibility index (Phi) is 6.19. The van der Waals surface area contributed by atoms with E-state index < -0.39 is 5.63 Å². The number of aromatic hydroxyl groups is 1. The third-order valence-electron chi connectivity index (χ3n) is 3.78. The van der Waals surface area contributed by atoms with Crippen molar-refractivity contribution in [1.82, 2.24) is 0 Å². The molecule has 2 aromatic carbocycles. The molecular formula is C21H24O3. The van der Waals surface area contributed by atoms with Crippen LogP contribution in [0.25, 0.3) is 22.1 Å². The number of hydrogen-bond donors (Lipinski definition) is 1. The molecule has 0 unspecified atom stereocenters. The maximum atomic E-state index is 12.1. The summed E-state index contributed by atoms with van der Waals surface area (Å²) in [6, 6.07) is 14.7. The monoisotopic (exact) mass is 324 g/mol. The average Bonchev–Trinajstić information content (AvgIpc) is 2.62. The summed E-state index contributed by atoms with van der Waals surface area (Å²) in [4.78, 5) is 12.1. The molecule has 0 aliphatic carbocycles. The van der Waals surface area contributed by atoms with Gasteiger partial charge in [-0.05, 0) is 48.1 Å². The van der Waals surface area contributed by atoms with Crippen LogP contribution in [-0.4, -0.2) is 5.11 Å². The van der Waals surface area contributed by atoms with E-state index in [4.69, 9.17) is 4.42 Å². The average molecular weight is 324 g/mol. The van der Waals surface area contributed by atoms with Crippen molar-refractivity contribution in [3.63, 3.8) is 0 Å². The first-order chi connectivity index (χ1) is 11.7. The third kappa shape index (κ3) is 4.05. The van der Waals surface area contributed by atoms with Gasteiger partial charge in [-0.3, -0.25) is 0 Å². The van der Waals surface area contributed by atoms with E-state index in [1.54, 1.807) is 12.1 Å². The van der Waals surface area contributed by atoms with Gasteiger partial charge in [0.05, 0.1) is 5.39 Å². The summed E-state index contributed by atoms with van der Waals surface area (Å²) in [5, 5.41) is 10.6. The first kappa shape index (κ1) is 17.8. The molecule has 0 spiro atoms. The van der Waals surface area contributed by atoms with Crippen LogP contribution in [0.15, 0.2) is 57.7 Å². The fourth-order valence-corrected chi connectivity index (χ4v) is 2.58. The van der Waals surface area contributed by atoms with E-state index >= 15 is 0 Å². The Balaban J connectivity index is 0.00000100. The molecular weight excluding hydrogens is 300 g/mol. The Morgan fingerprint density at radius 3 is 2.58 bits per heavy atom. The van der Waals surface area contributed by atoms with Gasteiger partial charge in [0.1, 0.15) is 11.5 Å². The number of rotatable bonds is 4. The number of benzene rings is 2. The molecule has 0 saturated carbocycles. The second-order valence-corrected chi connectivity index (χ2v) is 5.47. The Morgan fingerprint density at radius 1 is 1.04 bits per heavy atom. The molecule has 1 aromatic heterocycles. The lowest BCUT2D eigenvalue weighted by molar-refractivity contribution is 0.475. The van der Waals surface area contributed by atoms with E-state index in [1.165, 1.54) is 11.6 Å². The molecule has 3 aromatic rings. The summed E-state index contributed by atoms with van der Waals surface area (Å²) in [5.74, 6) is 0.621. The van der Waals surface area contributed by atoms with Gasteiger partial charge in [-0.25, -0.2) is 4.79 Å². The molecule has 126 valence electrons. The number of phenolic OH excluding ortho intramolecular Hbond substituents is 1. The van der Waals surface area contributed by atoms with Crippen LogP contribution in [0.1, 0.15) is 39.2 Å². The topological polar surface area (TPSA) is 50.4 Å². The van der Waals surface area contributed by atoms with Crippen LogP contribution in [0.4, 0.5) is 0 Å². The van der Waals surface area contributed by atoms with Gasteiger partial charge < -0.3 is 9.52 Å². The van der Waals surface area contributed by atoms with Crippen LogP contribution in [0.3, 0.4) is 0 Å². The van der Waals surface area contributed by atoms with E-state index in [0.717, 1.165) is 30.2 Å². The quantitative estimate of drug-likeness (QED) is 0.686. The highest BCUT2D eigenvalue weighted by molar-refractivity contribution is 5.85. The van der Waals surface area contributed by atoms with Crippen LogP contribution in [0.2, 0.25) is 0 Å². The molecule has 1 heterocycles. The summed E-state index contributed by atoms with van der Waals surface area (Å²) < 4.78 is 5.42. The second-order valence-electron chi connectivity index (χ2n) is 5.47. The maximum Gasteiger partial charge on any atom is 0.344 e. The molecule has 3 nitrogen and oxygen atoms in total. The van der Waals surface area contributed by atoms with E-state index in [0.29, 0.717) is 11.1 Å². The highest BCUT2D eigenvalue weighted by Gasteiger charge is 2.08. The highest BCUT2D eigenvalue weighted by Crippen LogP contribution is 2.25. The standard InChI is InChI=1S/C19H18O3.C2H6/c1-2-3-5-13-6-4-7-15(10-13)18-11-14-8-9-16(20)12-17(14)19(21)22-18;1-2/h4,6-12,20H,2-3,5H2,1H3;1-2H3. The minimum Gasteiger partial charge on any atom is -0.508 e. The van der Waals surface area contributed by atoms with Gasteiger partial charge in [0.2, 0.25) is 0 Å². The van der Waals surface area contributed by atoms with Crippen molar-refractivity contribution in [2.24, 2.45) is 0 Å². The number of phenols is 1. The van der Waals surface area contributed by atoms with E-state index in [2.05, 4.69) is 19.1 Å². The summed E-state index contributed by atoms with van der Waals surface area (Å²) >= 11 is 0. The zero-order valence-electron chi connectivity index (χ0n) is 14.5. The Hall–Kier alpha value is -2.55. The Morgan fingerprint density at radius 2 is 1.83 bits per heavy atom. The largest absolute Gasteiger partial charge is 0.508 e. The van der Waals surface area contributed by atoms with Gasteiger partial charge in [0.15, 0.2) is 0 Å². The number of fused-ring (bicyclic) bond motifs is 1. The van der Waals surface area contributed by atoms with Gasteiger partial charge in [0, 0.05) is 5.56 Å². The Bertz CT molecular complexity index is 862. The van der Waals surface area contributed by atoms with Gasteiger partial charge >= 0.3 is 5.63 Å². The molecule has 0 amide bonds. The zero-order valence-corrected chi connectivity index (χ0v) is 14.5. The van der Waals surface area contributed by atoms with Crippen molar-refractivity contribution in [2.45, 2.75) is 40.0 Å². The molecule has 24 heavy (non-hydrogen) atoms. The fourth-order valence-electron chi connectivity index (χ4n) is 2.58. The summed E-state index contributed by atoms with van der Waals surface area (Å²) in [6.45, 7) is 6.17. The normalized spacial score (nSPS) is 10.3. The zero-order chi connectivity index (χ0) is 17.5. The third-order valence-corrected chi connectivity index (χ3v) is 3.78. The molecule has 0 atom stereocenters. The van der Waals surface area contributed by atoms with Crippen molar-refractivity contribution in [3.05, 3.63) is 64.5 Å². The molecule has 0 bridgehead atoms. The van der Waals surface area contributed by atoms with Crippen molar-refractivity contribution < 1.29 is 9.52 Å². The minimum absolute atomic E-state index is 0.0640. The van der Waals surface area contributed by atoms with Gasteiger partial charge in [-0.1, -0.05) is 51.5 Å². The lowest BCUT2D eigenvalue weighted by Crippen LogP contribution is -2.00. The van der Waals surface area contributed by atoms with Crippen LogP contribution < -0.4 is 5.63 Å². The molecule has 0 aliphatic rings. The predicted molar refractivity (Wildman–Crippen MR) is 99.5 cm³/mol. The SMILES string of the molecule is CC.CCCCc1cccc(-c2cc3ccc(O)cc3c(=O)o2)c1. The molecule has 0 saturated heterocycles. The summed E-state index contributed by atoms with van der Waals surface area (Å²) in [6.07, 6.45) is 3.32. The molecule has 3 rings (SSSR count). The van der Waals surface area contributed by atoms with Gasteiger partial charge in [-0.2, -0.15) is 0 Å². The lowest BCUT2D eigenvalue weighted by atomic mass is 10.0. The van der Waals surface area contributed by atoms with Crippen molar-refractivity contribution >= 4 is 10.8 Å². The molecule has 3 heteroatoms. The second kappa shape index (κ2) is 8.34. The number of aryl methyl sites for hydroxylation is 1. The van der Waals surface area contributed by atoms with E-state index in [1.807, 2.05) is 32.0 Å². The van der Waals surface area contributed by atoms with Crippen molar-refractivity contribution in [3.8, 4) is 17.1 Å². The van der Waals surface area contributed by atoms with Crippen molar-refractivity contribution in [2.75, 3.05) is 0 Å². The first-order valence-electron chi connectivity index (χ1n) is 8.53. The predicted octanol–water partition coefficient (Wildman–Crippen LogP) is 5.53. The maximum absolute atomic E-state index is 12.1. The van der Waals surface area contributed by atoms with Gasteiger partial charge in [0.25, 0.3) is 0 Å². The van der Waals surface area contributed by atoms with Crippen LogP contribution >= 0.6 is 0 Å². The number of unbranched alkanes of at least 4 members (excludes halogenated alkanes) is 1. The molecule has 1 N–H and O–H groups in total. The van der Waals surface area contributed by atoms with Crippen LogP contribution in [-0.2, 0) is 6.42 Å². The first-order valence-corrected chi connectivity index (χ1v) is 8.53. The van der Waals surface area contributed by atoms with Crippen molar-refractivity contribution in [1.29, 1.82) is 0 Å². The van der Waals surface area contributed by atoms with Crippen LogP contribution in [0, 0.1) is 0 Å². The Labute approximate surface area is 142 Å². The molecule has 0 radical (unpaired) electrons. The van der Waals surface area contributed by atoms with Crippen LogP contribution in [0.5, 0.6) is 5.75 Å². The minimum atomic E-state index is -0.428. The summed E-state index contributed by atoms with van der Waals surface area (Å²) in [5.41, 5.74) is 1.72. The smallest absolute Gasteiger partial charge is 0.344 e. The molecule has 0 aliphatic heterocycles. The van der Waals surface area contributed by atoms with Gasteiger partial charge in [-0.15, -0.1) is 0 Å². The summed E-state index contributed by atoms with van der Waals surface area (Å²) in [7, 11) is 0. The number of hydrogen-bond acceptors (Lipinski definition) is 3.